The largest absolute Gasteiger partial charge is 0.469 e. The first-order valence-electron chi connectivity index (χ1n) is 3.95. The van der Waals surface area contributed by atoms with Crippen molar-refractivity contribution < 1.29 is 13.7 Å². The average molecular weight is 192 g/mol. The molecule has 0 amide bonds. The summed E-state index contributed by atoms with van der Waals surface area (Å²) >= 11 is 0. The van der Waals surface area contributed by atoms with Crippen molar-refractivity contribution in [2.75, 3.05) is 7.11 Å². The summed E-state index contributed by atoms with van der Waals surface area (Å²) in [6.45, 7) is 5.56. The van der Waals surface area contributed by atoms with E-state index >= 15 is 0 Å². The standard InChI is InChI=1S/C8H16O3S/c1-6(2)12(10)7(3)5-8(9)11-4/h6-7H,5H2,1-4H3. The first-order chi connectivity index (χ1) is 5.49. The summed E-state index contributed by atoms with van der Waals surface area (Å²) in [5.74, 6) is -0.295. The number of rotatable bonds is 4. The second kappa shape index (κ2) is 5.30. The average Bonchev–Trinajstić information content (AvgIpc) is 2.02. The number of esters is 1. The molecule has 0 saturated heterocycles. The van der Waals surface area contributed by atoms with Gasteiger partial charge in [0.25, 0.3) is 0 Å². The third-order valence-electron chi connectivity index (χ3n) is 1.54. The highest BCUT2D eigenvalue weighted by molar-refractivity contribution is 7.86. The Morgan fingerprint density at radius 1 is 1.42 bits per heavy atom. The van der Waals surface area contributed by atoms with Crippen LogP contribution in [0.2, 0.25) is 0 Å². The molecule has 0 heterocycles. The monoisotopic (exact) mass is 192 g/mol. The maximum atomic E-state index is 11.4. The highest BCUT2D eigenvalue weighted by Gasteiger charge is 2.17. The molecule has 0 saturated carbocycles. The summed E-state index contributed by atoms with van der Waals surface area (Å²) in [4.78, 5) is 10.8. The van der Waals surface area contributed by atoms with Crippen LogP contribution in [0.1, 0.15) is 27.2 Å². The van der Waals surface area contributed by atoms with E-state index in [1.165, 1.54) is 7.11 Å². The molecule has 4 heteroatoms. The van der Waals surface area contributed by atoms with Gasteiger partial charge in [0, 0.05) is 21.3 Å². The number of hydrogen-bond acceptors (Lipinski definition) is 3. The van der Waals surface area contributed by atoms with Crippen LogP contribution in [0.3, 0.4) is 0 Å². The fourth-order valence-electron chi connectivity index (χ4n) is 0.865. The molecule has 0 bridgehead atoms. The van der Waals surface area contributed by atoms with Crippen LogP contribution in [-0.2, 0) is 20.3 Å². The normalized spacial score (nSPS) is 15.8. The fourth-order valence-corrected chi connectivity index (χ4v) is 2.09. The molecule has 72 valence electrons. The fraction of sp³-hybridized carbons (Fsp3) is 0.875. The van der Waals surface area contributed by atoms with Crippen molar-refractivity contribution in [1.82, 2.24) is 0 Å². The third kappa shape index (κ3) is 3.85. The van der Waals surface area contributed by atoms with Crippen LogP contribution in [0.15, 0.2) is 0 Å². The van der Waals surface area contributed by atoms with E-state index in [2.05, 4.69) is 4.74 Å². The van der Waals surface area contributed by atoms with Crippen molar-refractivity contribution >= 4 is 16.8 Å². The van der Waals surface area contributed by atoms with Gasteiger partial charge in [-0.15, -0.1) is 0 Å². The highest BCUT2D eigenvalue weighted by atomic mass is 32.2. The van der Waals surface area contributed by atoms with Crippen molar-refractivity contribution in [3.63, 3.8) is 0 Å². The van der Waals surface area contributed by atoms with E-state index in [-0.39, 0.29) is 22.9 Å². The van der Waals surface area contributed by atoms with Gasteiger partial charge in [-0.3, -0.25) is 9.00 Å². The van der Waals surface area contributed by atoms with Crippen molar-refractivity contribution in [2.24, 2.45) is 0 Å². The molecule has 2 unspecified atom stereocenters. The lowest BCUT2D eigenvalue weighted by Gasteiger charge is -2.12. The smallest absolute Gasteiger partial charge is 0.306 e. The van der Waals surface area contributed by atoms with Gasteiger partial charge in [-0.2, -0.15) is 0 Å². The van der Waals surface area contributed by atoms with E-state index < -0.39 is 10.8 Å². The molecule has 0 rings (SSSR count). The van der Waals surface area contributed by atoms with Crippen LogP contribution in [0.5, 0.6) is 0 Å². The SMILES string of the molecule is COC(=O)CC(C)S(=O)C(C)C. The minimum atomic E-state index is -0.940. The van der Waals surface area contributed by atoms with E-state index in [9.17, 15) is 9.00 Å². The zero-order valence-corrected chi connectivity index (χ0v) is 8.81. The van der Waals surface area contributed by atoms with Gasteiger partial charge in [-0.1, -0.05) is 20.8 Å². The zero-order valence-electron chi connectivity index (χ0n) is 7.99. The number of methoxy groups -OCH3 is 1. The van der Waals surface area contributed by atoms with Gasteiger partial charge in [0.2, 0.25) is 0 Å². The van der Waals surface area contributed by atoms with Gasteiger partial charge < -0.3 is 4.74 Å². The maximum Gasteiger partial charge on any atom is 0.306 e. The summed E-state index contributed by atoms with van der Waals surface area (Å²) in [7, 11) is 0.401. The predicted octanol–water partition coefficient (Wildman–Crippen LogP) is 1.10. The molecular weight excluding hydrogens is 176 g/mol. The second-order valence-electron chi connectivity index (χ2n) is 2.97. The Kier molecular flexibility index (Phi) is 5.13. The molecule has 0 spiro atoms. The highest BCUT2D eigenvalue weighted by Crippen LogP contribution is 2.07. The molecule has 0 aliphatic rings. The summed E-state index contributed by atoms with van der Waals surface area (Å²) < 4.78 is 15.9. The molecule has 0 fully saturated rings. The van der Waals surface area contributed by atoms with Crippen LogP contribution in [-0.4, -0.2) is 27.8 Å². The molecule has 2 atom stereocenters. The Bertz CT molecular complexity index is 177. The third-order valence-corrected chi connectivity index (χ3v) is 3.43. The lowest BCUT2D eigenvalue weighted by Crippen LogP contribution is -2.22. The number of hydrogen-bond donors (Lipinski definition) is 0. The number of carbonyl (C=O) groups excluding carboxylic acids is 1. The topological polar surface area (TPSA) is 43.4 Å². The summed E-state index contributed by atoms with van der Waals surface area (Å²) in [6, 6.07) is 0. The number of carbonyl (C=O) groups is 1. The van der Waals surface area contributed by atoms with E-state index in [4.69, 9.17) is 0 Å². The molecule has 0 aromatic heterocycles. The first-order valence-corrected chi connectivity index (χ1v) is 5.22. The van der Waals surface area contributed by atoms with E-state index in [0.717, 1.165) is 0 Å². The second-order valence-corrected chi connectivity index (χ2v) is 5.37. The Hall–Kier alpha value is -0.380. The minimum Gasteiger partial charge on any atom is -0.469 e. The van der Waals surface area contributed by atoms with Crippen molar-refractivity contribution in [1.29, 1.82) is 0 Å². The molecule has 3 nitrogen and oxygen atoms in total. The summed E-state index contributed by atoms with van der Waals surface area (Å²) in [6.07, 6.45) is 0.237. The van der Waals surface area contributed by atoms with E-state index in [1.807, 2.05) is 13.8 Å². The minimum absolute atomic E-state index is 0.102. The van der Waals surface area contributed by atoms with Crippen molar-refractivity contribution in [3.05, 3.63) is 0 Å². The van der Waals surface area contributed by atoms with Crippen LogP contribution < -0.4 is 0 Å². The molecule has 0 aromatic carbocycles. The Labute approximate surface area is 75.9 Å². The van der Waals surface area contributed by atoms with Gasteiger partial charge in [-0.25, -0.2) is 0 Å². The molecule has 12 heavy (non-hydrogen) atoms. The zero-order chi connectivity index (χ0) is 9.72. The summed E-state index contributed by atoms with van der Waals surface area (Å²) in [5.41, 5.74) is 0. The van der Waals surface area contributed by atoms with Crippen molar-refractivity contribution in [3.8, 4) is 0 Å². The predicted molar refractivity (Wildman–Crippen MR) is 49.4 cm³/mol. The molecular formula is C8H16O3S. The van der Waals surface area contributed by atoms with Gasteiger partial charge in [0.1, 0.15) is 0 Å². The van der Waals surface area contributed by atoms with Gasteiger partial charge in [-0.05, 0) is 0 Å². The van der Waals surface area contributed by atoms with E-state index in [0.29, 0.717) is 0 Å². The lowest BCUT2D eigenvalue weighted by molar-refractivity contribution is -0.140. The van der Waals surface area contributed by atoms with Crippen LogP contribution in [0, 0.1) is 0 Å². The Morgan fingerprint density at radius 2 is 1.92 bits per heavy atom. The van der Waals surface area contributed by atoms with E-state index in [1.54, 1.807) is 6.92 Å². The van der Waals surface area contributed by atoms with Gasteiger partial charge in [0.05, 0.1) is 13.5 Å². The molecule has 0 radical (unpaired) electrons. The van der Waals surface area contributed by atoms with Crippen LogP contribution >= 0.6 is 0 Å². The molecule has 0 aliphatic heterocycles. The number of ether oxygens (including phenoxy) is 1. The van der Waals surface area contributed by atoms with Crippen LogP contribution in [0.4, 0.5) is 0 Å². The lowest BCUT2D eigenvalue weighted by atomic mass is 10.3. The van der Waals surface area contributed by atoms with Gasteiger partial charge >= 0.3 is 5.97 Å². The molecule has 0 aliphatic carbocycles. The summed E-state index contributed by atoms with van der Waals surface area (Å²) in [5, 5.41) is -0.0119. The molecule has 0 N–H and O–H groups in total. The van der Waals surface area contributed by atoms with Crippen molar-refractivity contribution in [2.45, 2.75) is 37.7 Å². The first kappa shape index (κ1) is 11.6. The van der Waals surface area contributed by atoms with Gasteiger partial charge in [0.15, 0.2) is 0 Å². The van der Waals surface area contributed by atoms with Crippen LogP contribution in [0.25, 0.3) is 0 Å². The Morgan fingerprint density at radius 3 is 2.25 bits per heavy atom. The Balaban J connectivity index is 3.95. The maximum absolute atomic E-state index is 11.4. The molecule has 0 aromatic rings. The quantitative estimate of drug-likeness (QED) is 0.626.